The summed E-state index contributed by atoms with van der Waals surface area (Å²) in [4.78, 5) is 25.6. The molecule has 1 atom stereocenters. The first-order valence-electron chi connectivity index (χ1n) is 6.35. The van der Waals surface area contributed by atoms with E-state index >= 15 is 0 Å². The van der Waals surface area contributed by atoms with E-state index in [-0.39, 0.29) is 12.6 Å². The van der Waals surface area contributed by atoms with Crippen molar-refractivity contribution in [1.82, 2.24) is 15.1 Å². The number of nitrogens with zero attached hydrogens (tertiary/aromatic N) is 2. The molecule has 0 aromatic rings. The zero-order valence-corrected chi connectivity index (χ0v) is 11.3. The van der Waals surface area contributed by atoms with Crippen LogP contribution in [0.4, 0.5) is 4.79 Å². The van der Waals surface area contributed by atoms with Crippen molar-refractivity contribution in [2.45, 2.75) is 26.3 Å². The second-order valence-electron chi connectivity index (χ2n) is 5.18. The SMILES string of the molecule is CC(C)N1CCC(CNC(=O)N(C)CC(=O)O)C1. The van der Waals surface area contributed by atoms with Crippen LogP contribution in [0.15, 0.2) is 0 Å². The highest BCUT2D eigenvalue weighted by Gasteiger charge is 2.24. The molecule has 0 saturated carbocycles. The summed E-state index contributed by atoms with van der Waals surface area (Å²) >= 11 is 0. The van der Waals surface area contributed by atoms with Crippen molar-refractivity contribution in [3.8, 4) is 0 Å². The number of rotatable bonds is 5. The van der Waals surface area contributed by atoms with Crippen LogP contribution in [-0.4, -0.2) is 66.2 Å². The van der Waals surface area contributed by atoms with Gasteiger partial charge >= 0.3 is 12.0 Å². The standard InChI is InChI=1S/C12H23N3O3/c1-9(2)15-5-4-10(7-15)6-13-12(18)14(3)8-11(16)17/h9-10H,4-8H2,1-3H3,(H,13,18)(H,16,17). The van der Waals surface area contributed by atoms with E-state index in [0.29, 0.717) is 18.5 Å². The Morgan fingerprint density at radius 1 is 1.50 bits per heavy atom. The lowest BCUT2D eigenvalue weighted by Crippen LogP contribution is -2.42. The molecule has 1 unspecified atom stereocenters. The number of nitrogens with one attached hydrogen (secondary N) is 1. The van der Waals surface area contributed by atoms with Crippen LogP contribution in [0.3, 0.4) is 0 Å². The van der Waals surface area contributed by atoms with Crippen molar-refractivity contribution in [2.75, 3.05) is 33.2 Å². The van der Waals surface area contributed by atoms with Crippen LogP contribution in [0, 0.1) is 5.92 Å². The summed E-state index contributed by atoms with van der Waals surface area (Å²) in [5.41, 5.74) is 0. The van der Waals surface area contributed by atoms with Gasteiger partial charge in [0.25, 0.3) is 0 Å². The molecule has 1 aliphatic heterocycles. The van der Waals surface area contributed by atoms with Crippen molar-refractivity contribution in [2.24, 2.45) is 5.92 Å². The summed E-state index contributed by atoms with van der Waals surface area (Å²) in [6.45, 7) is 6.76. The largest absolute Gasteiger partial charge is 0.480 e. The van der Waals surface area contributed by atoms with E-state index in [0.717, 1.165) is 19.5 Å². The van der Waals surface area contributed by atoms with Gasteiger partial charge in [-0.2, -0.15) is 0 Å². The van der Waals surface area contributed by atoms with Gasteiger partial charge in [-0.05, 0) is 32.7 Å². The van der Waals surface area contributed by atoms with Crippen molar-refractivity contribution in [1.29, 1.82) is 0 Å². The molecule has 6 nitrogen and oxygen atoms in total. The molecule has 0 aliphatic carbocycles. The first-order valence-corrected chi connectivity index (χ1v) is 6.35. The van der Waals surface area contributed by atoms with Gasteiger partial charge in [-0.15, -0.1) is 0 Å². The molecular formula is C12H23N3O3. The monoisotopic (exact) mass is 257 g/mol. The van der Waals surface area contributed by atoms with Gasteiger partial charge in [0, 0.05) is 26.2 Å². The van der Waals surface area contributed by atoms with Gasteiger partial charge in [-0.1, -0.05) is 0 Å². The smallest absolute Gasteiger partial charge is 0.323 e. The fourth-order valence-electron chi connectivity index (χ4n) is 2.14. The number of carbonyl (C=O) groups is 2. The first kappa shape index (κ1) is 14.8. The summed E-state index contributed by atoms with van der Waals surface area (Å²) < 4.78 is 0. The number of aliphatic carboxylic acids is 1. The first-order chi connectivity index (χ1) is 8.40. The molecule has 104 valence electrons. The van der Waals surface area contributed by atoms with Crippen LogP contribution >= 0.6 is 0 Å². The van der Waals surface area contributed by atoms with E-state index in [1.54, 1.807) is 0 Å². The third-order valence-electron chi connectivity index (χ3n) is 3.31. The zero-order chi connectivity index (χ0) is 13.7. The number of hydrogen-bond donors (Lipinski definition) is 2. The van der Waals surface area contributed by atoms with E-state index in [1.165, 1.54) is 11.9 Å². The van der Waals surface area contributed by atoms with Gasteiger partial charge in [0.1, 0.15) is 6.54 Å². The molecule has 1 heterocycles. The summed E-state index contributed by atoms with van der Waals surface area (Å²) in [6, 6.07) is 0.223. The summed E-state index contributed by atoms with van der Waals surface area (Å²) in [5, 5.41) is 11.4. The topological polar surface area (TPSA) is 72.9 Å². The average molecular weight is 257 g/mol. The molecular weight excluding hydrogens is 234 g/mol. The molecule has 1 fully saturated rings. The number of likely N-dealkylation sites (N-methyl/N-ethyl adjacent to an activating group) is 1. The summed E-state index contributed by atoms with van der Waals surface area (Å²) in [5.74, 6) is -0.533. The third-order valence-corrected chi connectivity index (χ3v) is 3.31. The van der Waals surface area contributed by atoms with Gasteiger partial charge in [0.15, 0.2) is 0 Å². The number of carboxylic acid groups (broad SMARTS) is 1. The average Bonchev–Trinajstić information content (AvgIpc) is 2.73. The molecule has 2 N–H and O–H groups in total. The van der Waals surface area contributed by atoms with Crippen LogP contribution in [0.25, 0.3) is 0 Å². The lowest BCUT2D eigenvalue weighted by atomic mass is 10.1. The van der Waals surface area contributed by atoms with E-state index in [1.807, 2.05) is 0 Å². The Bertz CT molecular complexity index is 307. The minimum Gasteiger partial charge on any atom is -0.480 e. The molecule has 0 aromatic heterocycles. The molecule has 0 aromatic carbocycles. The van der Waals surface area contributed by atoms with Crippen LogP contribution < -0.4 is 5.32 Å². The van der Waals surface area contributed by atoms with Gasteiger partial charge in [0.2, 0.25) is 0 Å². The van der Waals surface area contributed by atoms with Gasteiger partial charge < -0.3 is 20.2 Å². The van der Waals surface area contributed by atoms with Crippen LogP contribution in [0.5, 0.6) is 0 Å². The molecule has 0 radical (unpaired) electrons. The summed E-state index contributed by atoms with van der Waals surface area (Å²) in [7, 11) is 1.48. The Hall–Kier alpha value is -1.30. The van der Waals surface area contributed by atoms with Crippen LogP contribution in [-0.2, 0) is 4.79 Å². The van der Waals surface area contributed by atoms with Crippen LogP contribution in [0.1, 0.15) is 20.3 Å². The Morgan fingerprint density at radius 3 is 2.67 bits per heavy atom. The Labute approximate surface area is 108 Å². The van der Waals surface area contributed by atoms with Crippen molar-refractivity contribution < 1.29 is 14.7 Å². The Kier molecular flexibility index (Phi) is 5.40. The maximum atomic E-state index is 11.6. The molecule has 1 rings (SSSR count). The van der Waals surface area contributed by atoms with Gasteiger partial charge in [-0.3, -0.25) is 4.79 Å². The van der Waals surface area contributed by atoms with Crippen molar-refractivity contribution in [3.05, 3.63) is 0 Å². The second kappa shape index (κ2) is 6.58. The maximum Gasteiger partial charge on any atom is 0.323 e. The molecule has 0 bridgehead atoms. The highest BCUT2D eigenvalue weighted by Crippen LogP contribution is 2.17. The van der Waals surface area contributed by atoms with E-state index in [4.69, 9.17) is 5.11 Å². The highest BCUT2D eigenvalue weighted by molar-refractivity contribution is 5.79. The minimum atomic E-state index is -1.00. The maximum absolute atomic E-state index is 11.6. The quantitative estimate of drug-likeness (QED) is 0.749. The number of urea groups is 1. The Balaban J connectivity index is 2.25. The molecule has 2 amide bonds. The minimum absolute atomic E-state index is 0.269. The molecule has 18 heavy (non-hydrogen) atoms. The zero-order valence-electron chi connectivity index (χ0n) is 11.3. The molecule has 1 aliphatic rings. The van der Waals surface area contributed by atoms with E-state index in [2.05, 4.69) is 24.1 Å². The molecule has 0 spiro atoms. The predicted octanol–water partition coefficient (Wildman–Crippen LogP) is 0.443. The number of amides is 2. The number of carboxylic acids is 1. The summed E-state index contributed by atoms with van der Waals surface area (Å²) in [6.07, 6.45) is 1.08. The lowest BCUT2D eigenvalue weighted by molar-refractivity contribution is -0.137. The Morgan fingerprint density at radius 2 is 2.17 bits per heavy atom. The van der Waals surface area contributed by atoms with Gasteiger partial charge in [-0.25, -0.2) is 4.79 Å². The van der Waals surface area contributed by atoms with Crippen molar-refractivity contribution >= 4 is 12.0 Å². The number of likely N-dealkylation sites (tertiary alicyclic amines) is 1. The number of carbonyl (C=O) groups excluding carboxylic acids is 1. The van der Waals surface area contributed by atoms with Crippen molar-refractivity contribution in [3.63, 3.8) is 0 Å². The highest BCUT2D eigenvalue weighted by atomic mass is 16.4. The van der Waals surface area contributed by atoms with E-state index < -0.39 is 5.97 Å². The molecule has 6 heteroatoms. The third kappa shape index (κ3) is 4.52. The van der Waals surface area contributed by atoms with Crippen LogP contribution in [0.2, 0.25) is 0 Å². The van der Waals surface area contributed by atoms with Gasteiger partial charge in [0.05, 0.1) is 0 Å². The fraction of sp³-hybridized carbons (Fsp3) is 0.833. The fourth-order valence-corrected chi connectivity index (χ4v) is 2.14. The lowest BCUT2D eigenvalue weighted by Gasteiger charge is -2.21. The number of hydrogen-bond acceptors (Lipinski definition) is 3. The normalized spacial score (nSPS) is 20.1. The van der Waals surface area contributed by atoms with E-state index in [9.17, 15) is 9.59 Å². The molecule has 1 saturated heterocycles. The second-order valence-corrected chi connectivity index (χ2v) is 5.18. The predicted molar refractivity (Wildman–Crippen MR) is 68.5 cm³/mol.